The van der Waals surface area contributed by atoms with Crippen molar-refractivity contribution < 1.29 is 4.79 Å². The third kappa shape index (κ3) is 2.32. The van der Waals surface area contributed by atoms with E-state index in [2.05, 4.69) is 4.98 Å². The van der Waals surface area contributed by atoms with Crippen LogP contribution in [0.25, 0.3) is 0 Å². The van der Waals surface area contributed by atoms with Crippen molar-refractivity contribution in [2.75, 3.05) is 0 Å². The lowest BCUT2D eigenvalue weighted by Crippen LogP contribution is -2.21. The smallest absolute Gasteiger partial charge is 0.219 e. The van der Waals surface area contributed by atoms with Crippen molar-refractivity contribution in [3.8, 4) is 0 Å². The van der Waals surface area contributed by atoms with Crippen LogP contribution >= 0.6 is 0 Å². The van der Waals surface area contributed by atoms with Crippen LogP contribution in [0.1, 0.15) is 18.2 Å². The third-order valence-corrected chi connectivity index (χ3v) is 1.49. The zero-order valence-electron chi connectivity index (χ0n) is 6.60. The second-order valence-corrected chi connectivity index (χ2v) is 2.53. The van der Waals surface area contributed by atoms with Crippen molar-refractivity contribution in [2.24, 2.45) is 11.5 Å². The van der Waals surface area contributed by atoms with Crippen LogP contribution in [0.15, 0.2) is 24.4 Å². The van der Waals surface area contributed by atoms with Gasteiger partial charge in [0.1, 0.15) is 0 Å². The molecule has 1 aromatic heterocycles. The first-order valence-corrected chi connectivity index (χ1v) is 3.65. The molecule has 0 fully saturated rings. The van der Waals surface area contributed by atoms with Gasteiger partial charge in [0.25, 0.3) is 0 Å². The first kappa shape index (κ1) is 8.67. The van der Waals surface area contributed by atoms with Crippen molar-refractivity contribution in [1.29, 1.82) is 0 Å². The van der Waals surface area contributed by atoms with Gasteiger partial charge in [-0.1, -0.05) is 6.07 Å². The number of hydrogen-bond donors (Lipinski definition) is 2. The van der Waals surface area contributed by atoms with Gasteiger partial charge in [-0.25, -0.2) is 0 Å². The Balaban J connectivity index is 2.65. The van der Waals surface area contributed by atoms with Crippen LogP contribution in [0.2, 0.25) is 0 Å². The summed E-state index contributed by atoms with van der Waals surface area (Å²) >= 11 is 0. The first-order chi connectivity index (χ1) is 5.70. The van der Waals surface area contributed by atoms with Gasteiger partial charge in [-0.15, -0.1) is 0 Å². The number of pyridine rings is 1. The predicted molar refractivity (Wildman–Crippen MR) is 45.0 cm³/mol. The van der Waals surface area contributed by atoms with E-state index in [1.807, 2.05) is 6.07 Å². The van der Waals surface area contributed by atoms with Gasteiger partial charge < -0.3 is 11.5 Å². The van der Waals surface area contributed by atoms with Crippen LogP contribution in [-0.4, -0.2) is 10.9 Å². The minimum atomic E-state index is -0.409. The molecule has 1 heterocycles. The molecule has 12 heavy (non-hydrogen) atoms. The van der Waals surface area contributed by atoms with Crippen molar-refractivity contribution in [2.45, 2.75) is 12.5 Å². The maximum atomic E-state index is 10.5. The van der Waals surface area contributed by atoms with Gasteiger partial charge in [0.2, 0.25) is 5.91 Å². The maximum absolute atomic E-state index is 10.5. The summed E-state index contributed by atoms with van der Waals surface area (Å²) in [4.78, 5) is 14.5. The Morgan fingerprint density at radius 1 is 1.58 bits per heavy atom. The fraction of sp³-hybridized carbons (Fsp3) is 0.250. The van der Waals surface area contributed by atoms with E-state index in [0.29, 0.717) is 5.69 Å². The molecule has 0 aliphatic rings. The minimum Gasteiger partial charge on any atom is -0.370 e. The highest BCUT2D eigenvalue weighted by atomic mass is 16.1. The van der Waals surface area contributed by atoms with Gasteiger partial charge in [0.05, 0.1) is 11.7 Å². The number of rotatable bonds is 3. The molecule has 1 unspecified atom stereocenters. The van der Waals surface area contributed by atoms with E-state index < -0.39 is 5.91 Å². The second-order valence-electron chi connectivity index (χ2n) is 2.53. The van der Waals surface area contributed by atoms with E-state index >= 15 is 0 Å². The Labute approximate surface area is 70.6 Å². The Bertz CT molecular complexity index is 260. The molecule has 0 saturated carbocycles. The van der Waals surface area contributed by atoms with E-state index in [-0.39, 0.29) is 12.5 Å². The van der Waals surface area contributed by atoms with E-state index in [1.54, 1.807) is 18.3 Å². The monoisotopic (exact) mass is 165 g/mol. The largest absolute Gasteiger partial charge is 0.370 e. The molecule has 0 saturated heterocycles. The van der Waals surface area contributed by atoms with Gasteiger partial charge in [-0.2, -0.15) is 0 Å². The average molecular weight is 165 g/mol. The Morgan fingerprint density at radius 2 is 2.33 bits per heavy atom. The van der Waals surface area contributed by atoms with Gasteiger partial charge in [0, 0.05) is 12.6 Å². The van der Waals surface area contributed by atoms with Crippen molar-refractivity contribution >= 4 is 5.91 Å². The lowest BCUT2D eigenvalue weighted by molar-refractivity contribution is -0.118. The highest BCUT2D eigenvalue weighted by Crippen LogP contribution is 2.08. The van der Waals surface area contributed by atoms with Crippen LogP contribution in [0.3, 0.4) is 0 Å². The highest BCUT2D eigenvalue weighted by molar-refractivity contribution is 5.74. The SMILES string of the molecule is NC(=O)CC(N)c1ccccn1. The quantitative estimate of drug-likeness (QED) is 0.659. The number of nitrogens with two attached hydrogens (primary N) is 2. The normalized spacial score (nSPS) is 12.4. The fourth-order valence-corrected chi connectivity index (χ4v) is 0.917. The Kier molecular flexibility index (Phi) is 2.76. The van der Waals surface area contributed by atoms with E-state index in [9.17, 15) is 4.79 Å². The predicted octanol–water partition coefficient (Wildman–Crippen LogP) is -0.0432. The zero-order valence-corrected chi connectivity index (χ0v) is 6.60. The van der Waals surface area contributed by atoms with Crippen molar-refractivity contribution in [3.63, 3.8) is 0 Å². The lowest BCUT2D eigenvalue weighted by Gasteiger charge is -2.07. The summed E-state index contributed by atoms with van der Waals surface area (Å²) in [5.74, 6) is -0.409. The molecule has 0 bridgehead atoms. The fourth-order valence-electron chi connectivity index (χ4n) is 0.917. The lowest BCUT2D eigenvalue weighted by atomic mass is 10.1. The molecule has 4 N–H and O–H groups in total. The Hall–Kier alpha value is -1.42. The van der Waals surface area contributed by atoms with E-state index in [1.165, 1.54) is 0 Å². The number of hydrogen-bond acceptors (Lipinski definition) is 3. The highest BCUT2D eigenvalue weighted by Gasteiger charge is 2.08. The number of amides is 1. The molecule has 4 nitrogen and oxygen atoms in total. The molecular weight excluding hydrogens is 154 g/mol. The molecule has 0 aliphatic carbocycles. The van der Waals surface area contributed by atoms with Gasteiger partial charge in [-0.3, -0.25) is 9.78 Å². The van der Waals surface area contributed by atoms with Crippen molar-refractivity contribution in [1.82, 2.24) is 4.98 Å². The summed E-state index contributed by atoms with van der Waals surface area (Å²) in [7, 11) is 0. The molecule has 4 heteroatoms. The topological polar surface area (TPSA) is 82.0 Å². The number of carbonyl (C=O) groups excluding carboxylic acids is 1. The molecule has 1 atom stereocenters. The molecule has 0 aromatic carbocycles. The first-order valence-electron chi connectivity index (χ1n) is 3.65. The molecule has 64 valence electrons. The summed E-state index contributed by atoms with van der Waals surface area (Å²) in [5.41, 5.74) is 11.3. The molecule has 0 spiro atoms. The standard InChI is InChI=1S/C8H11N3O/c9-6(5-8(10)12)7-3-1-2-4-11-7/h1-4,6H,5,9H2,(H2,10,12). The number of primary amides is 1. The van der Waals surface area contributed by atoms with E-state index in [4.69, 9.17) is 11.5 Å². The van der Waals surface area contributed by atoms with Crippen LogP contribution in [0.5, 0.6) is 0 Å². The Morgan fingerprint density at radius 3 is 2.83 bits per heavy atom. The zero-order chi connectivity index (χ0) is 8.97. The van der Waals surface area contributed by atoms with Crippen LogP contribution in [0.4, 0.5) is 0 Å². The number of aromatic nitrogens is 1. The molecule has 1 rings (SSSR count). The second kappa shape index (κ2) is 3.82. The van der Waals surface area contributed by atoms with Gasteiger partial charge >= 0.3 is 0 Å². The summed E-state index contributed by atoms with van der Waals surface area (Å²) in [6.45, 7) is 0. The minimum absolute atomic E-state index is 0.136. The molecule has 1 amide bonds. The van der Waals surface area contributed by atoms with Crippen LogP contribution in [-0.2, 0) is 4.79 Å². The van der Waals surface area contributed by atoms with Gasteiger partial charge in [-0.05, 0) is 12.1 Å². The summed E-state index contributed by atoms with van der Waals surface area (Å²) in [6.07, 6.45) is 1.77. The number of carbonyl (C=O) groups is 1. The summed E-state index contributed by atoms with van der Waals surface area (Å²) < 4.78 is 0. The summed E-state index contributed by atoms with van der Waals surface area (Å²) in [5, 5.41) is 0. The molecule has 0 aliphatic heterocycles. The average Bonchev–Trinajstić information content (AvgIpc) is 2.05. The van der Waals surface area contributed by atoms with Gasteiger partial charge in [0.15, 0.2) is 0 Å². The van der Waals surface area contributed by atoms with E-state index in [0.717, 1.165) is 0 Å². The van der Waals surface area contributed by atoms with Crippen LogP contribution in [0, 0.1) is 0 Å². The molecule has 0 radical (unpaired) electrons. The number of nitrogens with zero attached hydrogens (tertiary/aromatic N) is 1. The molecule has 1 aromatic rings. The summed E-state index contributed by atoms with van der Waals surface area (Å²) in [6, 6.07) is 5.00. The third-order valence-electron chi connectivity index (χ3n) is 1.49. The van der Waals surface area contributed by atoms with Crippen molar-refractivity contribution in [3.05, 3.63) is 30.1 Å². The maximum Gasteiger partial charge on any atom is 0.219 e. The molecular formula is C8H11N3O. The van der Waals surface area contributed by atoms with Crippen LogP contribution < -0.4 is 11.5 Å².